The minimum Gasteiger partial charge on any atom is -0.357 e. The molecule has 0 aliphatic rings. The molecule has 3 aromatic carbocycles. The van der Waals surface area contributed by atoms with E-state index in [4.69, 9.17) is 0 Å². The van der Waals surface area contributed by atoms with Gasteiger partial charge in [-0.2, -0.15) is 0 Å². The molecule has 0 fully saturated rings. The maximum atomic E-state index is 13.7. The molecule has 0 saturated heterocycles. The average molecular weight is 550 g/mol. The summed E-state index contributed by atoms with van der Waals surface area (Å²) >= 11 is 0. The third kappa shape index (κ3) is 8.68. The first-order chi connectivity index (χ1) is 18.5. The summed E-state index contributed by atoms with van der Waals surface area (Å²) in [6, 6.07) is 22.5. The fourth-order valence-corrected chi connectivity index (χ4v) is 5.78. The molecule has 0 aliphatic heterocycles. The zero-order valence-corrected chi connectivity index (χ0v) is 24.3. The van der Waals surface area contributed by atoms with Gasteiger partial charge < -0.3 is 10.2 Å². The van der Waals surface area contributed by atoms with Gasteiger partial charge in [0.2, 0.25) is 21.8 Å². The van der Waals surface area contributed by atoms with Crippen molar-refractivity contribution in [3.63, 3.8) is 0 Å². The molecule has 0 spiro atoms. The quantitative estimate of drug-likeness (QED) is 0.359. The van der Waals surface area contributed by atoms with E-state index in [1.807, 2.05) is 93.6 Å². The molecule has 0 heterocycles. The lowest BCUT2D eigenvalue weighted by molar-refractivity contribution is -0.141. The summed E-state index contributed by atoms with van der Waals surface area (Å²) in [7, 11) is -1.98. The van der Waals surface area contributed by atoms with Crippen LogP contribution in [0.15, 0.2) is 72.8 Å². The fourth-order valence-electron chi connectivity index (χ4n) is 4.83. The van der Waals surface area contributed by atoms with Crippen molar-refractivity contribution >= 4 is 27.5 Å². The lowest BCUT2D eigenvalue weighted by Crippen LogP contribution is -2.49. The summed E-state index contributed by atoms with van der Waals surface area (Å²) in [5, 5.41) is 2.72. The Morgan fingerprint density at radius 3 is 2.08 bits per heavy atom. The highest BCUT2D eigenvalue weighted by molar-refractivity contribution is 7.92. The number of anilines is 1. The molecule has 3 rings (SSSR count). The van der Waals surface area contributed by atoms with Crippen LogP contribution in [0.1, 0.15) is 40.7 Å². The zero-order chi connectivity index (χ0) is 28.6. The first kappa shape index (κ1) is 29.9. The molecule has 8 heteroatoms. The number of benzene rings is 3. The van der Waals surface area contributed by atoms with E-state index in [0.29, 0.717) is 18.5 Å². The van der Waals surface area contributed by atoms with Gasteiger partial charge in [0, 0.05) is 33.0 Å². The first-order valence-corrected chi connectivity index (χ1v) is 15.0. The molecule has 1 atom stereocenters. The summed E-state index contributed by atoms with van der Waals surface area (Å²) in [5.74, 6) is -0.442. The Morgan fingerprint density at radius 1 is 0.846 bits per heavy atom. The normalized spacial score (nSPS) is 12.0. The van der Waals surface area contributed by atoms with Gasteiger partial charge in [-0.05, 0) is 61.6 Å². The van der Waals surface area contributed by atoms with E-state index in [-0.39, 0.29) is 31.3 Å². The number of sulfonamides is 1. The van der Waals surface area contributed by atoms with Gasteiger partial charge >= 0.3 is 0 Å². The van der Waals surface area contributed by atoms with Crippen LogP contribution in [0.5, 0.6) is 0 Å². The highest BCUT2D eigenvalue weighted by Gasteiger charge is 2.30. The van der Waals surface area contributed by atoms with E-state index in [1.165, 1.54) is 10.6 Å². The molecule has 7 nitrogen and oxygen atoms in total. The van der Waals surface area contributed by atoms with Crippen molar-refractivity contribution in [2.24, 2.45) is 0 Å². The van der Waals surface area contributed by atoms with E-state index in [2.05, 4.69) is 5.32 Å². The second kappa shape index (κ2) is 13.4. The van der Waals surface area contributed by atoms with Crippen molar-refractivity contribution in [1.29, 1.82) is 0 Å². The van der Waals surface area contributed by atoms with Crippen LogP contribution in [0.2, 0.25) is 0 Å². The number of carbonyl (C=O) groups excluding carboxylic acids is 2. The molecule has 0 unspecified atom stereocenters. The number of likely N-dealkylation sites (N-methyl/N-ethyl adjacent to an activating group) is 1. The Balaban J connectivity index is 1.86. The Morgan fingerprint density at radius 2 is 1.49 bits per heavy atom. The molecule has 1 N–H and O–H groups in total. The monoisotopic (exact) mass is 549 g/mol. The molecule has 39 heavy (non-hydrogen) atoms. The lowest BCUT2D eigenvalue weighted by atomic mass is 10.0. The minimum absolute atomic E-state index is 0.102. The molecule has 0 bridgehead atoms. The molecule has 0 aliphatic carbocycles. The van der Waals surface area contributed by atoms with Crippen molar-refractivity contribution in [1.82, 2.24) is 10.2 Å². The van der Waals surface area contributed by atoms with Crippen LogP contribution in [-0.4, -0.2) is 51.0 Å². The maximum absolute atomic E-state index is 13.7. The van der Waals surface area contributed by atoms with E-state index < -0.39 is 16.1 Å². The van der Waals surface area contributed by atoms with Crippen LogP contribution < -0.4 is 9.62 Å². The van der Waals surface area contributed by atoms with Crippen molar-refractivity contribution in [3.8, 4) is 0 Å². The summed E-state index contributed by atoms with van der Waals surface area (Å²) < 4.78 is 26.7. The lowest BCUT2D eigenvalue weighted by Gasteiger charge is -2.31. The highest BCUT2D eigenvalue weighted by atomic mass is 32.2. The first-order valence-electron chi connectivity index (χ1n) is 13.1. The number of rotatable bonds is 12. The molecular weight excluding hydrogens is 510 g/mol. The van der Waals surface area contributed by atoms with Crippen molar-refractivity contribution in [3.05, 3.63) is 101 Å². The van der Waals surface area contributed by atoms with Crippen LogP contribution in [-0.2, 0) is 32.6 Å². The van der Waals surface area contributed by atoms with Crippen LogP contribution in [0, 0.1) is 20.8 Å². The topological polar surface area (TPSA) is 86.8 Å². The number of hydrogen-bond acceptors (Lipinski definition) is 4. The van der Waals surface area contributed by atoms with Gasteiger partial charge in [0.15, 0.2) is 0 Å². The number of nitrogens with one attached hydrogen (secondary N) is 1. The Hall–Kier alpha value is -3.65. The smallest absolute Gasteiger partial charge is 0.242 e. The molecule has 208 valence electrons. The number of nitrogens with zero attached hydrogens (tertiary/aromatic N) is 2. The highest BCUT2D eigenvalue weighted by Crippen LogP contribution is 2.23. The van der Waals surface area contributed by atoms with Crippen LogP contribution in [0.25, 0.3) is 0 Å². The third-order valence-corrected chi connectivity index (χ3v) is 7.79. The summed E-state index contributed by atoms with van der Waals surface area (Å²) in [6.45, 7) is 6.28. The van der Waals surface area contributed by atoms with Gasteiger partial charge in [0.1, 0.15) is 6.04 Å². The van der Waals surface area contributed by atoms with E-state index in [0.717, 1.165) is 27.8 Å². The van der Waals surface area contributed by atoms with Crippen molar-refractivity contribution in [2.75, 3.05) is 24.2 Å². The number of carbonyl (C=O) groups is 2. The second-order valence-electron chi connectivity index (χ2n) is 10.1. The Bertz CT molecular complexity index is 1370. The summed E-state index contributed by atoms with van der Waals surface area (Å²) in [5.41, 5.74) is 5.47. The predicted molar refractivity (Wildman–Crippen MR) is 157 cm³/mol. The Kier molecular flexibility index (Phi) is 10.3. The van der Waals surface area contributed by atoms with E-state index in [1.54, 1.807) is 11.9 Å². The largest absolute Gasteiger partial charge is 0.357 e. The second-order valence-corrected chi connectivity index (χ2v) is 12.0. The van der Waals surface area contributed by atoms with Crippen molar-refractivity contribution < 1.29 is 18.0 Å². The number of amides is 2. The van der Waals surface area contributed by atoms with Gasteiger partial charge in [-0.15, -0.1) is 0 Å². The summed E-state index contributed by atoms with van der Waals surface area (Å²) in [4.78, 5) is 28.5. The van der Waals surface area contributed by atoms with Gasteiger partial charge in [-0.3, -0.25) is 13.9 Å². The van der Waals surface area contributed by atoms with Crippen LogP contribution >= 0.6 is 0 Å². The average Bonchev–Trinajstić information content (AvgIpc) is 2.87. The molecular formula is C31H39N3O4S. The van der Waals surface area contributed by atoms with Gasteiger partial charge in [-0.25, -0.2) is 8.42 Å². The maximum Gasteiger partial charge on any atom is 0.242 e. The minimum atomic E-state index is -3.55. The van der Waals surface area contributed by atoms with Gasteiger partial charge in [-0.1, -0.05) is 66.2 Å². The summed E-state index contributed by atoms with van der Waals surface area (Å²) in [6.07, 6.45) is 1.97. The molecule has 0 aromatic heterocycles. The van der Waals surface area contributed by atoms with Gasteiger partial charge in [0.05, 0.1) is 11.9 Å². The Labute approximate surface area is 232 Å². The van der Waals surface area contributed by atoms with E-state index in [9.17, 15) is 18.0 Å². The number of hydrogen-bond donors (Lipinski definition) is 1. The molecule has 0 saturated carbocycles. The standard InChI is InChI=1S/C31H39N3O4S/c1-23-11-9-14-27(18-23)22-33(29(31(36)32-4)21-26-12-7-6-8-13-26)30(35)15-10-16-34(39(5,37)38)28-19-24(2)17-25(3)20-28/h6-9,11-14,17-20,29H,10,15-16,21-22H2,1-5H3,(H,32,36)/t29-/m1/s1. The predicted octanol–water partition coefficient (Wildman–Crippen LogP) is 4.54. The van der Waals surface area contributed by atoms with Crippen LogP contribution in [0.3, 0.4) is 0 Å². The molecule has 3 aromatic rings. The van der Waals surface area contributed by atoms with Gasteiger partial charge in [0.25, 0.3) is 0 Å². The molecule has 0 radical (unpaired) electrons. The number of aryl methyl sites for hydroxylation is 3. The van der Waals surface area contributed by atoms with Crippen LogP contribution in [0.4, 0.5) is 5.69 Å². The fraction of sp³-hybridized carbons (Fsp3) is 0.355. The molecule has 2 amide bonds. The SMILES string of the molecule is CNC(=O)[C@@H](Cc1ccccc1)N(Cc1cccc(C)c1)C(=O)CCCN(c1cc(C)cc(C)c1)S(C)(=O)=O. The zero-order valence-electron chi connectivity index (χ0n) is 23.5. The van der Waals surface area contributed by atoms with E-state index >= 15 is 0 Å². The third-order valence-electron chi connectivity index (χ3n) is 6.60. The van der Waals surface area contributed by atoms with Crippen molar-refractivity contribution in [2.45, 2.75) is 52.6 Å².